The van der Waals surface area contributed by atoms with E-state index in [0.29, 0.717) is 28.5 Å². The van der Waals surface area contributed by atoms with E-state index in [1.807, 2.05) is 0 Å². The fraction of sp³-hybridized carbons (Fsp3) is 0.375. The number of nitrogens with two attached hydrogens (primary N) is 1. The van der Waals surface area contributed by atoms with Crippen molar-refractivity contribution >= 4 is 17.5 Å². The highest BCUT2D eigenvalue weighted by Crippen LogP contribution is 2.47. The van der Waals surface area contributed by atoms with E-state index < -0.39 is 11.9 Å². The van der Waals surface area contributed by atoms with E-state index in [-0.39, 0.29) is 5.54 Å². The summed E-state index contributed by atoms with van der Waals surface area (Å²) in [5.41, 5.74) is 7.83. The smallest absolute Gasteiger partial charge is 0.310 e. The summed E-state index contributed by atoms with van der Waals surface area (Å²) in [6, 6.07) is 3.38. The first-order valence-electron chi connectivity index (χ1n) is 7.33. The van der Waals surface area contributed by atoms with E-state index in [1.54, 1.807) is 23.7 Å². The van der Waals surface area contributed by atoms with Crippen molar-refractivity contribution < 1.29 is 9.90 Å². The van der Waals surface area contributed by atoms with Gasteiger partial charge in [0.2, 0.25) is 0 Å². The van der Waals surface area contributed by atoms with Gasteiger partial charge in [-0.3, -0.25) is 14.5 Å². The predicted molar refractivity (Wildman–Crippen MR) is 85.1 cm³/mol. The van der Waals surface area contributed by atoms with Gasteiger partial charge in [0, 0.05) is 6.20 Å². The van der Waals surface area contributed by atoms with E-state index in [2.05, 4.69) is 21.9 Å². The van der Waals surface area contributed by atoms with Crippen molar-refractivity contribution in [2.75, 3.05) is 5.73 Å². The molecule has 0 bridgehead atoms. The first kappa shape index (κ1) is 15.0. The molecule has 0 amide bonds. The summed E-state index contributed by atoms with van der Waals surface area (Å²) in [5, 5.41) is 13.5. The maximum Gasteiger partial charge on any atom is 0.310 e. The van der Waals surface area contributed by atoms with E-state index in [4.69, 9.17) is 17.4 Å². The highest BCUT2D eigenvalue weighted by molar-refractivity contribution is 5.82. The Morgan fingerprint density at radius 1 is 1.52 bits per heavy atom. The second kappa shape index (κ2) is 5.09. The molecule has 0 aliphatic heterocycles. The van der Waals surface area contributed by atoms with Crippen LogP contribution in [-0.2, 0) is 10.3 Å². The van der Waals surface area contributed by atoms with Crippen LogP contribution in [-0.4, -0.2) is 25.8 Å². The fourth-order valence-corrected chi connectivity index (χ4v) is 2.45. The third kappa shape index (κ3) is 2.42. The molecule has 118 valence electrons. The molecule has 1 atom stereocenters. The number of hydrogen-bond acceptors (Lipinski definition) is 4. The van der Waals surface area contributed by atoms with Crippen molar-refractivity contribution in [3.8, 4) is 11.4 Å². The van der Waals surface area contributed by atoms with Crippen LogP contribution in [0.5, 0.6) is 0 Å². The molecule has 0 saturated heterocycles. The van der Waals surface area contributed by atoms with Crippen LogP contribution in [0.1, 0.15) is 38.2 Å². The second-order valence-corrected chi connectivity index (χ2v) is 6.14. The topological polar surface area (TPSA) is 98.4 Å². The lowest BCUT2D eigenvalue weighted by molar-refractivity contribution is -0.138. The van der Waals surface area contributed by atoms with E-state index >= 15 is 0 Å². The largest absolute Gasteiger partial charge is 0.481 e. The monoisotopic (exact) mass is 311 g/mol. The molecule has 0 radical (unpaired) electrons. The van der Waals surface area contributed by atoms with Gasteiger partial charge < -0.3 is 10.8 Å². The molecule has 2 aromatic heterocycles. The van der Waals surface area contributed by atoms with Crippen LogP contribution in [0.2, 0.25) is 0 Å². The molecule has 1 aliphatic rings. The Morgan fingerprint density at radius 3 is 2.70 bits per heavy atom. The van der Waals surface area contributed by atoms with Gasteiger partial charge in [0.15, 0.2) is 0 Å². The lowest BCUT2D eigenvalue weighted by atomic mass is 10.0. The van der Waals surface area contributed by atoms with Crippen LogP contribution in [0.3, 0.4) is 0 Å². The maximum absolute atomic E-state index is 11.0. The van der Waals surface area contributed by atoms with Crippen molar-refractivity contribution in [3.63, 3.8) is 0 Å². The number of pyridine rings is 1. The quantitative estimate of drug-likeness (QED) is 0.846. The maximum atomic E-state index is 11.0. The summed E-state index contributed by atoms with van der Waals surface area (Å²) in [7, 11) is 0. The van der Waals surface area contributed by atoms with Crippen molar-refractivity contribution in [1.82, 2.24) is 14.8 Å². The van der Waals surface area contributed by atoms with Crippen molar-refractivity contribution in [2.45, 2.75) is 38.1 Å². The summed E-state index contributed by atoms with van der Waals surface area (Å²) in [6.07, 6.45) is 3.48. The molecule has 0 spiro atoms. The third-order valence-corrected chi connectivity index (χ3v) is 4.39. The Kier molecular flexibility index (Phi) is 3.33. The third-order valence-electron chi connectivity index (χ3n) is 4.39. The molecule has 0 aromatic carbocycles. The number of anilines is 1. The molecule has 7 nitrogen and oxygen atoms in total. The van der Waals surface area contributed by atoms with Gasteiger partial charge in [0.1, 0.15) is 11.5 Å². The Labute approximate surface area is 133 Å². The SMILES string of the molecule is [C-]#[N+]c1c(-c2ccc(C(C)C(=O)O)cn2)nn(C2(C)CC2)c1N. The zero-order chi connectivity index (χ0) is 16.8. The van der Waals surface area contributed by atoms with E-state index in [1.165, 1.54) is 6.20 Å². The number of aliphatic carboxylic acids is 1. The number of rotatable bonds is 4. The Hall–Kier alpha value is -2.88. The zero-order valence-corrected chi connectivity index (χ0v) is 12.9. The van der Waals surface area contributed by atoms with Gasteiger partial charge in [-0.15, -0.1) is 0 Å². The van der Waals surface area contributed by atoms with E-state index in [0.717, 1.165) is 12.8 Å². The minimum absolute atomic E-state index is 0.112. The summed E-state index contributed by atoms with van der Waals surface area (Å²) in [6.45, 7) is 11.0. The van der Waals surface area contributed by atoms with Crippen LogP contribution in [0.15, 0.2) is 18.3 Å². The lowest BCUT2D eigenvalue weighted by Crippen LogP contribution is -2.16. The van der Waals surface area contributed by atoms with Gasteiger partial charge in [-0.05, 0) is 38.3 Å². The molecule has 1 aliphatic carbocycles. The van der Waals surface area contributed by atoms with Gasteiger partial charge in [0.05, 0.1) is 23.7 Å². The molecular weight excluding hydrogens is 294 g/mol. The summed E-state index contributed by atoms with van der Waals surface area (Å²) in [5.74, 6) is -1.18. The zero-order valence-electron chi connectivity index (χ0n) is 12.9. The fourth-order valence-electron chi connectivity index (χ4n) is 2.45. The van der Waals surface area contributed by atoms with Crippen molar-refractivity contribution in [3.05, 3.63) is 35.3 Å². The predicted octanol–water partition coefficient (Wildman–Crippen LogP) is 2.78. The lowest BCUT2D eigenvalue weighted by Gasteiger charge is -2.11. The van der Waals surface area contributed by atoms with Crippen LogP contribution >= 0.6 is 0 Å². The Bertz CT molecular complexity index is 812. The molecule has 3 N–H and O–H groups in total. The average molecular weight is 311 g/mol. The van der Waals surface area contributed by atoms with Gasteiger partial charge in [-0.2, -0.15) is 5.10 Å². The van der Waals surface area contributed by atoms with Crippen LogP contribution < -0.4 is 5.73 Å². The normalized spacial score (nSPS) is 16.6. The molecule has 1 fully saturated rings. The standard InChI is InChI=1S/C16H17N5O2/c1-9(15(22)23)10-4-5-11(19-8-10)12-13(18-3)14(17)21(20-12)16(2)6-7-16/h4-5,8-9H,6-7,17H2,1-2H3,(H,22,23). The molecule has 7 heteroatoms. The number of carboxylic acid groups (broad SMARTS) is 1. The number of carbonyl (C=O) groups is 1. The molecule has 23 heavy (non-hydrogen) atoms. The van der Waals surface area contributed by atoms with E-state index in [9.17, 15) is 4.79 Å². The number of hydrogen-bond donors (Lipinski definition) is 2. The van der Waals surface area contributed by atoms with Gasteiger partial charge >= 0.3 is 5.97 Å². The highest BCUT2D eigenvalue weighted by atomic mass is 16.4. The van der Waals surface area contributed by atoms with Gasteiger partial charge in [0.25, 0.3) is 5.69 Å². The first-order chi connectivity index (χ1) is 10.9. The molecule has 1 unspecified atom stereocenters. The van der Waals surface area contributed by atoms with Crippen LogP contribution in [0, 0.1) is 6.57 Å². The minimum Gasteiger partial charge on any atom is -0.481 e. The molecule has 3 rings (SSSR count). The minimum atomic E-state index is -0.906. The Morgan fingerprint density at radius 2 is 2.22 bits per heavy atom. The molecular formula is C16H17N5O2. The number of nitrogen functional groups attached to an aromatic ring is 1. The van der Waals surface area contributed by atoms with Crippen LogP contribution in [0.25, 0.3) is 16.2 Å². The average Bonchev–Trinajstić information content (AvgIpc) is 3.19. The first-order valence-corrected chi connectivity index (χ1v) is 7.33. The van der Waals surface area contributed by atoms with Gasteiger partial charge in [-0.1, -0.05) is 6.07 Å². The summed E-state index contributed by atoms with van der Waals surface area (Å²) >= 11 is 0. The Balaban J connectivity index is 2.02. The number of nitrogens with zero attached hydrogens (tertiary/aromatic N) is 4. The highest BCUT2D eigenvalue weighted by Gasteiger charge is 2.42. The van der Waals surface area contributed by atoms with Crippen molar-refractivity contribution in [2.24, 2.45) is 0 Å². The molecule has 2 heterocycles. The summed E-state index contributed by atoms with van der Waals surface area (Å²) < 4.78 is 1.71. The van der Waals surface area contributed by atoms with Crippen molar-refractivity contribution in [1.29, 1.82) is 0 Å². The molecule has 1 saturated carbocycles. The van der Waals surface area contributed by atoms with Gasteiger partial charge in [-0.25, -0.2) is 4.85 Å². The number of carboxylic acids is 1. The number of aromatic nitrogens is 3. The second-order valence-electron chi connectivity index (χ2n) is 6.14. The molecule has 2 aromatic rings. The summed E-state index contributed by atoms with van der Waals surface area (Å²) in [4.78, 5) is 18.8. The van der Waals surface area contributed by atoms with Crippen LogP contribution in [0.4, 0.5) is 11.5 Å².